The fourth-order valence-electron chi connectivity index (χ4n) is 3.82. The molecule has 4 rings (SSSR count). The Balaban J connectivity index is 1.60. The van der Waals surface area contributed by atoms with Gasteiger partial charge < -0.3 is 4.90 Å². The third-order valence-corrected chi connectivity index (χ3v) is 6.82. The van der Waals surface area contributed by atoms with Gasteiger partial charge in [-0.25, -0.2) is 18.4 Å². The van der Waals surface area contributed by atoms with E-state index >= 15 is 0 Å². The lowest BCUT2D eigenvalue weighted by molar-refractivity contribution is 0.0710. The van der Waals surface area contributed by atoms with Crippen LogP contribution in [0.2, 0.25) is 0 Å². The molecule has 0 aromatic carbocycles. The van der Waals surface area contributed by atoms with Crippen molar-refractivity contribution in [3.63, 3.8) is 0 Å². The lowest BCUT2D eigenvalue weighted by Crippen LogP contribution is -2.38. The summed E-state index contributed by atoms with van der Waals surface area (Å²) in [5.74, 6) is 0.256. The van der Waals surface area contributed by atoms with Gasteiger partial charge in [0.1, 0.15) is 10.6 Å². The van der Waals surface area contributed by atoms with Crippen molar-refractivity contribution in [2.24, 2.45) is 7.05 Å². The smallest absolute Gasteiger partial charge is 0.257 e. The van der Waals surface area contributed by atoms with E-state index in [0.29, 0.717) is 48.7 Å². The van der Waals surface area contributed by atoms with Crippen LogP contribution in [0.4, 0.5) is 0 Å². The predicted molar refractivity (Wildman–Crippen MR) is 114 cm³/mol. The molecule has 0 atom stereocenters. The van der Waals surface area contributed by atoms with E-state index in [9.17, 15) is 13.2 Å². The number of hydrogen-bond donors (Lipinski definition) is 0. The summed E-state index contributed by atoms with van der Waals surface area (Å²) in [6, 6.07) is 5.42. The molecule has 3 aromatic rings. The van der Waals surface area contributed by atoms with Crippen LogP contribution in [-0.4, -0.2) is 63.3 Å². The maximum atomic E-state index is 12.9. The summed E-state index contributed by atoms with van der Waals surface area (Å²) in [5.41, 5.74) is 2.51. The van der Waals surface area contributed by atoms with E-state index in [0.717, 1.165) is 5.69 Å². The maximum Gasteiger partial charge on any atom is 0.257 e. The lowest BCUT2D eigenvalue weighted by atomic mass is 9.92. The summed E-state index contributed by atoms with van der Waals surface area (Å²) in [6.07, 6.45) is 7.01. The predicted octanol–water partition coefficient (Wildman–Crippen LogP) is 2.00. The second kappa shape index (κ2) is 8.18. The van der Waals surface area contributed by atoms with Gasteiger partial charge in [0.15, 0.2) is 15.7 Å². The summed E-state index contributed by atoms with van der Waals surface area (Å²) in [7, 11) is -1.69. The first kappa shape index (κ1) is 21.1. The maximum absolute atomic E-state index is 12.9. The normalized spacial score (nSPS) is 15.3. The molecule has 1 amide bonds. The first-order valence-corrected chi connectivity index (χ1v) is 11.9. The molecule has 0 bridgehead atoms. The molecule has 0 aliphatic carbocycles. The number of sulfone groups is 1. The van der Waals surface area contributed by atoms with Gasteiger partial charge in [0.25, 0.3) is 5.91 Å². The van der Waals surface area contributed by atoms with Crippen LogP contribution in [0.5, 0.6) is 0 Å². The highest BCUT2D eigenvalue weighted by molar-refractivity contribution is 7.90. The molecule has 162 valence electrons. The number of carbonyl (C=O) groups excluding carboxylic acids is 1. The van der Waals surface area contributed by atoms with E-state index in [1.165, 1.54) is 12.5 Å². The summed E-state index contributed by atoms with van der Waals surface area (Å²) in [5, 5.41) is 4.15. The molecular weight excluding hydrogens is 416 g/mol. The highest BCUT2D eigenvalue weighted by Crippen LogP contribution is 2.32. The zero-order valence-corrected chi connectivity index (χ0v) is 18.5. The summed E-state index contributed by atoms with van der Waals surface area (Å²) < 4.78 is 26.4. The van der Waals surface area contributed by atoms with Gasteiger partial charge >= 0.3 is 0 Å². The van der Waals surface area contributed by atoms with Crippen molar-refractivity contribution in [3.8, 4) is 11.5 Å². The third kappa shape index (κ3) is 4.20. The number of nitrogens with zero attached hydrogens (tertiary/aromatic N) is 6. The van der Waals surface area contributed by atoms with Crippen LogP contribution >= 0.6 is 0 Å². The number of aryl methyl sites for hydroxylation is 1. The molecular formula is C21H24N6O3S. The SMILES string of the molecule is Cc1c(C(=O)N2CCC(c3nc(-c4ccccn4)ncc3S(C)(=O)=O)CC2)cnn1C. The molecule has 10 heteroatoms. The molecule has 3 aromatic heterocycles. The van der Waals surface area contributed by atoms with E-state index < -0.39 is 9.84 Å². The summed E-state index contributed by atoms with van der Waals surface area (Å²) in [6.45, 7) is 2.90. The van der Waals surface area contributed by atoms with Crippen LogP contribution < -0.4 is 0 Å². The molecule has 0 N–H and O–H groups in total. The molecule has 0 radical (unpaired) electrons. The molecule has 0 saturated carbocycles. The average Bonchev–Trinajstić information content (AvgIpc) is 3.11. The Morgan fingerprint density at radius 3 is 2.45 bits per heavy atom. The van der Waals surface area contributed by atoms with E-state index in [2.05, 4.69) is 20.1 Å². The monoisotopic (exact) mass is 440 g/mol. The summed E-state index contributed by atoms with van der Waals surface area (Å²) in [4.78, 5) is 27.9. The highest BCUT2D eigenvalue weighted by atomic mass is 32.2. The number of amides is 1. The lowest BCUT2D eigenvalue weighted by Gasteiger charge is -2.32. The van der Waals surface area contributed by atoms with Gasteiger partial charge in [-0.15, -0.1) is 0 Å². The van der Waals surface area contributed by atoms with Crippen molar-refractivity contribution in [2.45, 2.75) is 30.6 Å². The molecule has 1 saturated heterocycles. The molecule has 0 unspecified atom stereocenters. The highest BCUT2D eigenvalue weighted by Gasteiger charge is 2.30. The van der Waals surface area contributed by atoms with Crippen molar-refractivity contribution < 1.29 is 13.2 Å². The summed E-state index contributed by atoms with van der Waals surface area (Å²) >= 11 is 0. The Bertz CT molecular complexity index is 1220. The van der Waals surface area contributed by atoms with Gasteiger partial charge in [-0.1, -0.05) is 6.07 Å². The van der Waals surface area contributed by atoms with Crippen molar-refractivity contribution in [3.05, 3.63) is 53.7 Å². The quantitative estimate of drug-likeness (QED) is 0.610. The topological polar surface area (TPSA) is 111 Å². The number of piperidine rings is 1. The van der Waals surface area contributed by atoms with Crippen molar-refractivity contribution in [1.29, 1.82) is 0 Å². The van der Waals surface area contributed by atoms with E-state index in [1.807, 2.05) is 13.0 Å². The molecule has 31 heavy (non-hydrogen) atoms. The minimum atomic E-state index is -3.49. The zero-order chi connectivity index (χ0) is 22.2. The molecule has 0 spiro atoms. The Morgan fingerprint density at radius 2 is 1.87 bits per heavy atom. The van der Waals surface area contributed by atoms with Crippen molar-refractivity contribution in [2.75, 3.05) is 19.3 Å². The molecule has 1 aliphatic heterocycles. The van der Waals surface area contributed by atoms with Gasteiger partial charge in [-0.2, -0.15) is 5.10 Å². The van der Waals surface area contributed by atoms with Crippen molar-refractivity contribution in [1.82, 2.24) is 29.6 Å². The second-order valence-corrected chi connectivity index (χ2v) is 9.75. The van der Waals surface area contributed by atoms with Crippen molar-refractivity contribution >= 4 is 15.7 Å². The van der Waals surface area contributed by atoms with Gasteiger partial charge in [-0.05, 0) is 31.9 Å². The van der Waals surface area contributed by atoms with E-state index in [-0.39, 0.29) is 16.7 Å². The Labute approximate surface area is 181 Å². The first-order valence-electron chi connectivity index (χ1n) is 10.0. The average molecular weight is 441 g/mol. The van der Waals surface area contributed by atoms with Gasteiger partial charge in [0.2, 0.25) is 0 Å². The molecule has 4 heterocycles. The van der Waals surface area contributed by atoms with Crippen LogP contribution in [0.25, 0.3) is 11.5 Å². The first-order chi connectivity index (χ1) is 14.8. The number of likely N-dealkylation sites (tertiary alicyclic amines) is 1. The van der Waals surface area contributed by atoms with Crippen LogP contribution in [0.3, 0.4) is 0 Å². The fraction of sp³-hybridized carbons (Fsp3) is 0.381. The minimum absolute atomic E-state index is 0.0516. The Morgan fingerprint density at radius 1 is 1.13 bits per heavy atom. The van der Waals surface area contributed by atoms with Crippen LogP contribution in [0.15, 0.2) is 41.7 Å². The van der Waals surface area contributed by atoms with Gasteiger partial charge in [0.05, 0.1) is 17.5 Å². The number of aromatic nitrogens is 5. The standard InChI is InChI=1S/C21H24N6O3S/c1-14-16(12-24-26(14)2)21(28)27-10-7-15(8-11-27)19-18(31(3,29)30)13-23-20(25-19)17-6-4-5-9-22-17/h4-6,9,12-13,15H,7-8,10-11H2,1-3H3. The van der Waals surface area contributed by atoms with Crippen LogP contribution in [0, 0.1) is 6.92 Å². The van der Waals surface area contributed by atoms with Crippen LogP contribution in [-0.2, 0) is 16.9 Å². The van der Waals surface area contributed by atoms with Crippen LogP contribution in [0.1, 0.15) is 40.5 Å². The number of rotatable bonds is 4. The number of pyridine rings is 1. The number of hydrogen-bond acceptors (Lipinski definition) is 7. The van der Waals surface area contributed by atoms with Gasteiger partial charge in [0, 0.05) is 50.4 Å². The largest absolute Gasteiger partial charge is 0.338 e. The van der Waals surface area contributed by atoms with E-state index in [4.69, 9.17) is 0 Å². The van der Waals surface area contributed by atoms with Gasteiger partial charge in [-0.3, -0.25) is 14.5 Å². The Hall–Kier alpha value is -3.14. The minimum Gasteiger partial charge on any atom is -0.338 e. The Kier molecular flexibility index (Phi) is 5.57. The third-order valence-electron chi connectivity index (χ3n) is 5.71. The second-order valence-electron chi connectivity index (χ2n) is 7.76. The number of carbonyl (C=O) groups is 1. The fourth-order valence-corrected chi connectivity index (χ4v) is 4.65. The molecule has 1 fully saturated rings. The molecule has 9 nitrogen and oxygen atoms in total. The van der Waals surface area contributed by atoms with E-state index in [1.54, 1.807) is 41.2 Å². The zero-order valence-electron chi connectivity index (χ0n) is 17.7. The molecule has 1 aliphatic rings.